The van der Waals surface area contributed by atoms with Gasteiger partial charge in [0.15, 0.2) is 0 Å². The number of carbonyl (C=O) groups excluding carboxylic acids is 1. The first kappa shape index (κ1) is 17.8. The van der Waals surface area contributed by atoms with Crippen LogP contribution >= 0.6 is 0 Å². The topological polar surface area (TPSA) is 42.1 Å². The van der Waals surface area contributed by atoms with E-state index in [-0.39, 0.29) is 23.3 Å². The molecular weight excluding hydrogens is 326 g/mol. The standard InChI is InChI=1S/C22H31NO3/c1-16-7-9-17(10-8-16)15-18-22-12-6-5-11-21(22,26-22)13-14-23(18)19(24)25-20(2,3)4/h7-10,18H,5-6,11-15H2,1-4H3/t18-,21+,22-/m0/s1. The van der Waals surface area contributed by atoms with Gasteiger partial charge in [0.1, 0.15) is 16.8 Å². The summed E-state index contributed by atoms with van der Waals surface area (Å²) in [7, 11) is 0. The van der Waals surface area contributed by atoms with Crippen molar-refractivity contribution in [3.8, 4) is 0 Å². The van der Waals surface area contributed by atoms with Gasteiger partial charge >= 0.3 is 6.09 Å². The fourth-order valence-corrected chi connectivity index (χ4v) is 5.06. The number of carbonyl (C=O) groups is 1. The molecule has 3 aliphatic rings. The summed E-state index contributed by atoms with van der Waals surface area (Å²) in [6.07, 6.45) is 6.21. The van der Waals surface area contributed by atoms with Gasteiger partial charge in [-0.25, -0.2) is 4.79 Å². The van der Waals surface area contributed by atoms with Crippen LogP contribution in [-0.2, 0) is 15.9 Å². The van der Waals surface area contributed by atoms with Gasteiger partial charge in [-0.1, -0.05) is 42.7 Å². The molecule has 4 nitrogen and oxygen atoms in total. The van der Waals surface area contributed by atoms with Crippen LogP contribution in [0.2, 0.25) is 0 Å². The van der Waals surface area contributed by atoms with E-state index < -0.39 is 5.60 Å². The smallest absolute Gasteiger partial charge is 0.410 e. The fourth-order valence-electron chi connectivity index (χ4n) is 5.06. The van der Waals surface area contributed by atoms with Crippen molar-refractivity contribution in [1.29, 1.82) is 0 Å². The quantitative estimate of drug-likeness (QED) is 0.725. The van der Waals surface area contributed by atoms with E-state index in [1.807, 2.05) is 25.7 Å². The summed E-state index contributed by atoms with van der Waals surface area (Å²) in [6, 6.07) is 8.72. The molecule has 2 aliphatic heterocycles. The van der Waals surface area contributed by atoms with E-state index in [9.17, 15) is 4.79 Å². The van der Waals surface area contributed by atoms with Crippen molar-refractivity contribution in [1.82, 2.24) is 4.90 Å². The normalized spacial score (nSPS) is 33.2. The summed E-state index contributed by atoms with van der Waals surface area (Å²) in [4.78, 5) is 14.9. The summed E-state index contributed by atoms with van der Waals surface area (Å²) < 4.78 is 12.2. The average molecular weight is 357 g/mol. The summed E-state index contributed by atoms with van der Waals surface area (Å²) in [5.41, 5.74) is 1.90. The minimum absolute atomic E-state index is 0.0130. The number of amides is 1. The Kier molecular flexibility index (Phi) is 4.11. The van der Waals surface area contributed by atoms with Crippen molar-refractivity contribution in [2.45, 2.75) is 89.1 Å². The molecule has 0 aromatic heterocycles. The molecule has 0 bridgehead atoms. The molecule has 2 saturated heterocycles. The summed E-state index contributed by atoms with van der Waals surface area (Å²) in [6.45, 7) is 8.63. The highest BCUT2D eigenvalue weighted by molar-refractivity contribution is 5.69. The van der Waals surface area contributed by atoms with Crippen LogP contribution in [0.3, 0.4) is 0 Å². The maximum atomic E-state index is 12.9. The molecule has 0 N–H and O–H groups in total. The molecule has 1 aromatic carbocycles. The van der Waals surface area contributed by atoms with Crippen molar-refractivity contribution in [2.75, 3.05) is 6.54 Å². The molecule has 4 heteroatoms. The molecule has 1 aromatic rings. The Morgan fingerprint density at radius 1 is 1.19 bits per heavy atom. The molecule has 3 atom stereocenters. The van der Waals surface area contributed by atoms with Gasteiger partial charge < -0.3 is 14.4 Å². The summed E-state index contributed by atoms with van der Waals surface area (Å²) >= 11 is 0. The van der Waals surface area contributed by atoms with Gasteiger partial charge in [-0.05, 0) is 58.9 Å². The zero-order valence-corrected chi connectivity index (χ0v) is 16.5. The second kappa shape index (κ2) is 5.98. The number of hydrogen-bond acceptors (Lipinski definition) is 3. The number of hydrogen-bond donors (Lipinski definition) is 0. The largest absolute Gasteiger partial charge is 0.444 e. The number of nitrogens with zero attached hydrogens (tertiary/aromatic N) is 1. The van der Waals surface area contributed by atoms with Crippen LogP contribution in [0.4, 0.5) is 4.79 Å². The third kappa shape index (κ3) is 2.92. The van der Waals surface area contributed by atoms with Crippen LogP contribution in [0, 0.1) is 6.92 Å². The molecule has 1 aliphatic carbocycles. The Hall–Kier alpha value is -1.55. The van der Waals surface area contributed by atoms with Crippen molar-refractivity contribution < 1.29 is 14.3 Å². The number of piperidine rings is 1. The lowest BCUT2D eigenvalue weighted by Gasteiger charge is -2.43. The lowest BCUT2D eigenvalue weighted by molar-refractivity contribution is -0.00113. The molecule has 4 rings (SSSR count). The van der Waals surface area contributed by atoms with E-state index in [4.69, 9.17) is 9.47 Å². The molecule has 2 heterocycles. The first-order valence-corrected chi connectivity index (χ1v) is 10.0. The fraction of sp³-hybridized carbons (Fsp3) is 0.682. The molecule has 0 spiro atoms. The van der Waals surface area contributed by atoms with E-state index in [1.165, 1.54) is 24.0 Å². The number of aryl methyl sites for hydroxylation is 1. The van der Waals surface area contributed by atoms with Crippen LogP contribution in [0.1, 0.15) is 64.0 Å². The molecule has 142 valence electrons. The second-order valence-corrected chi connectivity index (χ2v) is 9.32. The van der Waals surface area contributed by atoms with Gasteiger partial charge in [-0.15, -0.1) is 0 Å². The van der Waals surface area contributed by atoms with Crippen LogP contribution < -0.4 is 0 Å². The monoisotopic (exact) mass is 357 g/mol. The number of rotatable bonds is 2. The van der Waals surface area contributed by atoms with Gasteiger partial charge in [0.2, 0.25) is 0 Å². The van der Waals surface area contributed by atoms with Crippen molar-refractivity contribution in [3.05, 3.63) is 35.4 Å². The molecule has 0 radical (unpaired) electrons. The minimum atomic E-state index is -0.478. The molecule has 26 heavy (non-hydrogen) atoms. The minimum Gasteiger partial charge on any atom is -0.444 e. The SMILES string of the molecule is Cc1ccc(C[C@@H]2N(C(=O)OC(C)(C)C)CC[C@]34CCCC[C@]23O4)cc1. The Bertz CT molecular complexity index is 692. The second-order valence-electron chi connectivity index (χ2n) is 9.32. The highest BCUT2D eigenvalue weighted by Crippen LogP contribution is 2.64. The number of ether oxygens (including phenoxy) is 2. The summed E-state index contributed by atoms with van der Waals surface area (Å²) in [5.74, 6) is 0. The van der Waals surface area contributed by atoms with E-state index >= 15 is 0 Å². The predicted octanol–water partition coefficient (Wildman–Crippen LogP) is 4.63. The van der Waals surface area contributed by atoms with Crippen LogP contribution in [0.25, 0.3) is 0 Å². The van der Waals surface area contributed by atoms with Crippen LogP contribution in [0.5, 0.6) is 0 Å². The van der Waals surface area contributed by atoms with Crippen LogP contribution in [-0.4, -0.2) is 40.4 Å². The van der Waals surface area contributed by atoms with E-state index in [1.54, 1.807) is 0 Å². The predicted molar refractivity (Wildman–Crippen MR) is 101 cm³/mol. The zero-order chi connectivity index (χ0) is 18.6. The first-order chi connectivity index (χ1) is 12.2. The van der Waals surface area contributed by atoms with Gasteiger partial charge in [0.05, 0.1) is 6.04 Å². The van der Waals surface area contributed by atoms with Crippen molar-refractivity contribution >= 4 is 6.09 Å². The zero-order valence-electron chi connectivity index (χ0n) is 16.5. The molecule has 0 unspecified atom stereocenters. The highest BCUT2D eigenvalue weighted by Gasteiger charge is 2.76. The average Bonchev–Trinajstić information content (AvgIpc) is 3.26. The number of likely N-dealkylation sites (tertiary alicyclic amines) is 1. The van der Waals surface area contributed by atoms with E-state index in [0.717, 1.165) is 32.2 Å². The maximum absolute atomic E-state index is 12.9. The molecule has 3 fully saturated rings. The van der Waals surface area contributed by atoms with Crippen LogP contribution in [0.15, 0.2) is 24.3 Å². The number of epoxide rings is 1. The Morgan fingerprint density at radius 2 is 1.88 bits per heavy atom. The van der Waals surface area contributed by atoms with Crippen molar-refractivity contribution in [3.63, 3.8) is 0 Å². The highest BCUT2D eigenvalue weighted by atomic mass is 16.6. The van der Waals surface area contributed by atoms with Gasteiger partial charge in [0, 0.05) is 6.54 Å². The van der Waals surface area contributed by atoms with Gasteiger partial charge in [-0.2, -0.15) is 0 Å². The lowest BCUT2D eigenvalue weighted by atomic mass is 9.69. The maximum Gasteiger partial charge on any atom is 0.410 e. The van der Waals surface area contributed by atoms with E-state index in [0.29, 0.717) is 0 Å². The first-order valence-electron chi connectivity index (χ1n) is 10.0. The molecular formula is C22H31NO3. The van der Waals surface area contributed by atoms with E-state index in [2.05, 4.69) is 31.2 Å². The van der Waals surface area contributed by atoms with Gasteiger partial charge in [-0.3, -0.25) is 0 Å². The third-order valence-corrected chi connectivity index (χ3v) is 6.33. The molecule has 1 amide bonds. The van der Waals surface area contributed by atoms with Crippen molar-refractivity contribution in [2.24, 2.45) is 0 Å². The van der Waals surface area contributed by atoms with Gasteiger partial charge in [0.25, 0.3) is 0 Å². The number of benzene rings is 1. The molecule has 1 saturated carbocycles. The Morgan fingerprint density at radius 3 is 2.58 bits per heavy atom. The Labute approximate surface area is 156 Å². The third-order valence-electron chi connectivity index (χ3n) is 6.33. The lowest BCUT2D eigenvalue weighted by Crippen LogP contribution is -2.59. The summed E-state index contributed by atoms with van der Waals surface area (Å²) in [5, 5.41) is 0. The Balaban J connectivity index is 1.63.